The molecule has 1 aromatic carbocycles. The highest BCUT2D eigenvalue weighted by Crippen LogP contribution is 2.28. The SMILES string of the molecule is CCc1cc(CCCC(C)C)cc(CC)c1OCCO. The molecule has 0 fully saturated rings. The molecule has 0 aliphatic heterocycles. The largest absolute Gasteiger partial charge is 0.491 e. The Labute approximate surface area is 124 Å². The second-order valence-corrected chi connectivity index (χ2v) is 5.81. The van der Waals surface area contributed by atoms with E-state index in [1.165, 1.54) is 29.5 Å². The van der Waals surface area contributed by atoms with Crippen molar-refractivity contribution < 1.29 is 9.84 Å². The van der Waals surface area contributed by atoms with Crippen molar-refractivity contribution in [1.82, 2.24) is 0 Å². The molecule has 0 unspecified atom stereocenters. The van der Waals surface area contributed by atoms with Gasteiger partial charge in [0.1, 0.15) is 12.4 Å². The minimum Gasteiger partial charge on any atom is -0.491 e. The van der Waals surface area contributed by atoms with Gasteiger partial charge in [-0.05, 0) is 48.3 Å². The van der Waals surface area contributed by atoms with Gasteiger partial charge < -0.3 is 9.84 Å². The van der Waals surface area contributed by atoms with Crippen molar-refractivity contribution in [2.45, 2.75) is 59.8 Å². The van der Waals surface area contributed by atoms with Crippen molar-refractivity contribution in [2.24, 2.45) is 5.92 Å². The van der Waals surface area contributed by atoms with E-state index in [2.05, 4.69) is 39.8 Å². The Morgan fingerprint density at radius 2 is 1.70 bits per heavy atom. The standard InChI is InChI=1S/C18H30O2/c1-5-16-12-15(9-7-8-14(3)4)13-17(6-2)18(16)20-11-10-19/h12-14,19H,5-11H2,1-4H3. The van der Waals surface area contributed by atoms with Crippen LogP contribution in [-0.4, -0.2) is 18.3 Å². The van der Waals surface area contributed by atoms with Gasteiger partial charge in [0.05, 0.1) is 6.61 Å². The highest BCUT2D eigenvalue weighted by molar-refractivity contribution is 5.45. The van der Waals surface area contributed by atoms with E-state index in [0.29, 0.717) is 6.61 Å². The molecule has 0 aliphatic carbocycles. The summed E-state index contributed by atoms with van der Waals surface area (Å²) in [6, 6.07) is 4.57. The van der Waals surface area contributed by atoms with Gasteiger partial charge in [-0.15, -0.1) is 0 Å². The summed E-state index contributed by atoms with van der Waals surface area (Å²) >= 11 is 0. The molecule has 0 aliphatic rings. The Morgan fingerprint density at radius 3 is 2.15 bits per heavy atom. The van der Waals surface area contributed by atoms with Crippen molar-refractivity contribution in [1.29, 1.82) is 0 Å². The van der Waals surface area contributed by atoms with Crippen LogP contribution in [-0.2, 0) is 19.3 Å². The van der Waals surface area contributed by atoms with Crippen LogP contribution >= 0.6 is 0 Å². The third kappa shape index (κ3) is 5.16. The molecule has 0 saturated heterocycles. The average Bonchev–Trinajstić information content (AvgIpc) is 2.44. The Kier molecular flexibility index (Phi) is 7.68. The predicted octanol–water partition coefficient (Wildman–Crippen LogP) is 4.16. The summed E-state index contributed by atoms with van der Waals surface area (Å²) in [5.41, 5.74) is 3.98. The summed E-state index contributed by atoms with van der Waals surface area (Å²) in [5, 5.41) is 8.95. The molecule has 0 spiro atoms. The fourth-order valence-electron chi connectivity index (χ4n) is 2.54. The molecule has 114 valence electrons. The number of rotatable bonds is 9. The first-order valence-electron chi connectivity index (χ1n) is 8.00. The molecule has 0 radical (unpaired) electrons. The first kappa shape index (κ1) is 17.0. The van der Waals surface area contributed by atoms with Crippen LogP contribution < -0.4 is 4.74 Å². The molecular weight excluding hydrogens is 248 g/mol. The topological polar surface area (TPSA) is 29.5 Å². The molecule has 0 aromatic heterocycles. The smallest absolute Gasteiger partial charge is 0.125 e. The maximum atomic E-state index is 8.95. The quantitative estimate of drug-likeness (QED) is 0.735. The van der Waals surface area contributed by atoms with Crippen molar-refractivity contribution in [3.05, 3.63) is 28.8 Å². The lowest BCUT2D eigenvalue weighted by molar-refractivity contribution is 0.199. The molecule has 0 amide bonds. The van der Waals surface area contributed by atoms with Crippen LogP contribution in [0.15, 0.2) is 12.1 Å². The Balaban J connectivity index is 2.87. The lowest BCUT2D eigenvalue weighted by Gasteiger charge is -2.16. The van der Waals surface area contributed by atoms with Gasteiger partial charge in [0.2, 0.25) is 0 Å². The number of ether oxygens (including phenoxy) is 1. The second-order valence-electron chi connectivity index (χ2n) is 5.81. The molecule has 1 rings (SSSR count). The summed E-state index contributed by atoms with van der Waals surface area (Å²) in [5.74, 6) is 1.77. The van der Waals surface area contributed by atoms with E-state index in [9.17, 15) is 0 Å². The van der Waals surface area contributed by atoms with Gasteiger partial charge >= 0.3 is 0 Å². The highest BCUT2D eigenvalue weighted by Gasteiger charge is 2.10. The summed E-state index contributed by atoms with van der Waals surface area (Å²) in [4.78, 5) is 0. The number of hydrogen-bond donors (Lipinski definition) is 1. The van der Waals surface area contributed by atoms with E-state index in [4.69, 9.17) is 9.84 Å². The summed E-state index contributed by atoms with van der Waals surface area (Å²) < 4.78 is 5.75. The van der Waals surface area contributed by atoms with Gasteiger partial charge in [-0.25, -0.2) is 0 Å². The average molecular weight is 278 g/mol. The van der Waals surface area contributed by atoms with E-state index in [1.807, 2.05) is 0 Å². The van der Waals surface area contributed by atoms with Crippen LogP contribution in [0.4, 0.5) is 0 Å². The Morgan fingerprint density at radius 1 is 1.10 bits per heavy atom. The minimum atomic E-state index is 0.0719. The maximum absolute atomic E-state index is 8.95. The van der Waals surface area contributed by atoms with Crippen LogP contribution in [0.2, 0.25) is 0 Å². The molecule has 20 heavy (non-hydrogen) atoms. The van der Waals surface area contributed by atoms with E-state index in [0.717, 1.165) is 30.9 Å². The predicted molar refractivity (Wildman–Crippen MR) is 85.6 cm³/mol. The maximum Gasteiger partial charge on any atom is 0.125 e. The number of benzene rings is 1. The van der Waals surface area contributed by atoms with Gasteiger partial charge in [0.15, 0.2) is 0 Å². The van der Waals surface area contributed by atoms with Crippen molar-refractivity contribution >= 4 is 0 Å². The molecule has 0 atom stereocenters. The normalized spacial score (nSPS) is 11.1. The van der Waals surface area contributed by atoms with Crippen molar-refractivity contribution in [3.8, 4) is 5.75 Å². The van der Waals surface area contributed by atoms with Crippen LogP contribution in [0.3, 0.4) is 0 Å². The molecule has 2 nitrogen and oxygen atoms in total. The Bertz CT molecular complexity index is 371. The number of aliphatic hydroxyl groups is 1. The molecule has 0 heterocycles. The monoisotopic (exact) mass is 278 g/mol. The fourth-order valence-corrected chi connectivity index (χ4v) is 2.54. The van der Waals surface area contributed by atoms with E-state index >= 15 is 0 Å². The summed E-state index contributed by atoms with van der Waals surface area (Å²) in [6.45, 7) is 9.34. The first-order chi connectivity index (χ1) is 9.62. The molecule has 0 saturated carbocycles. The number of hydrogen-bond acceptors (Lipinski definition) is 2. The zero-order chi connectivity index (χ0) is 15.0. The van der Waals surface area contributed by atoms with Gasteiger partial charge in [-0.1, -0.05) is 46.2 Å². The first-order valence-corrected chi connectivity index (χ1v) is 8.00. The minimum absolute atomic E-state index is 0.0719. The van der Waals surface area contributed by atoms with E-state index in [-0.39, 0.29) is 6.61 Å². The zero-order valence-electron chi connectivity index (χ0n) is 13.5. The van der Waals surface area contributed by atoms with Crippen LogP contribution in [0.5, 0.6) is 5.75 Å². The van der Waals surface area contributed by atoms with Crippen LogP contribution in [0, 0.1) is 5.92 Å². The van der Waals surface area contributed by atoms with E-state index in [1.54, 1.807) is 0 Å². The summed E-state index contributed by atoms with van der Waals surface area (Å²) in [7, 11) is 0. The van der Waals surface area contributed by atoms with Gasteiger partial charge in [-0.3, -0.25) is 0 Å². The van der Waals surface area contributed by atoms with Gasteiger partial charge in [0.25, 0.3) is 0 Å². The molecule has 0 bridgehead atoms. The Hall–Kier alpha value is -1.02. The van der Waals surface area contributed by atoms with Crippen LogP contribution in [0.25, 0.3) is 0 Å². The number of aryl methyl sites for hydroxylation is 3. The fraction of sp³-hybridized carbons (Fsp3) is 0.667. The number of aliphatic hydroxyl groups excluding tert-OH is 1. The second kappa shape index (κ2) is 9.02. The van der Waals surface area contributed by atoms with Crippen molar-refractivity contribution in [3.63, 3.8) is 0 Å². The molecule has 1 aromatic rings. The third-order valence-electron chi connectivity index (χ3n) is 3.65. The zero-order valence-corrected chi connectivity index (χ0v) is 13.5. The molecular formula is C18H30O2. The van der Waals surface area contributed by atoms with Crippen molar-refractivity contribution in [2.75, 3.05) is 13.2 Å². The molecule has 1 N–H and O–H groups in total. The highest BCUT2D eigenvalue weighted by atomic mass is 16.5. The van der Waals surface area contributed by atoms with E-state index < -0.39 is 0 Å². The molecule has 2 heteroatoms. The third-order valence-corrected chi connectivity index (χ3v) is 3.65. The lowest BCUT2D eigenvalue weighted by atomic mass is 9.96. The summed E-state index contributed by atoms with van der Waals surface area (Å²) in [6.07, 6.45) is 5.64. The van der Waals surface area contributed by atoms with Gasteiger partial charge in [-0.2, -0.15) is 0 Å². The lowest BCUT2D eigenvalue weighted by Crippen LogP contribution is -2.07. The van der Waals surface area contributed by atoms with Crippen LogP contribution in [0.1, 0.15) is 57.2 Å². The van der Waals surface area contributed by atoms with Gasteiger partial charge in [0, 0.05) is 0 Å².